The molecule has 0 spiro atoms. The average molecular weight is 343 g/mol. The van der Waals surface area contributed by atoms with Crippen LogP contribution in [0.1, 0.15) is 21.9 Å². The molecule has 126 valence electrons. The first-order valence-corrected chi connectivity index (χ1v) is 9.03. The summed E-state index contributed by atoms with van der Waals surface area (Å²) in [6, 6.07) is 2.01. The number of hydrogen-bond donors (Lipinski definition) is 0. The topological polar surface area (TPSA) is 58.3 Å². The summed E-state index contributed by atoms with van der Waals surface area (Å²) in [5.41, 5.74) is 2.32. The van der Waals surface area contributed by atoms with Gasteiger partial charge in [-0.1, -0.05) is 5.16 Å². The van der Waals surface area contributed by atoms with Crippen LogP contribution in [-0.4, -0.2) is 46.2 Å². The van der Waals surface area contributed by atoms with Crippen molar-refractivity contribution in [2.24, 2.45) is 0 Å². The molecule has 0 amide bonds. The standard InChI is InChI=1S/C17H21N5OS/c1-11-8-14(20-23-11)9-21-4-6-22(7-5-21)16-15-12(2)13(3)24-17(15)19-10-18-16/h8,10H,4-7,9H2,1-3H3. The molecule has 3 aromatic rings. The summed E-state index contributed by atoms with van der Waals surface area (Å²) < 4.78 is 5.16. The van der Waals surface area contributed by atoms with Crippen molar-refractivity contribution in [2.45, 2.75) is 27.3 Å². The Morgan fingerprint density at radius 1 is 1.12 bits per heavy atom. The Morgan fingerprint density at radius 2 is 1.92 bits per heavy atom. The normalized spacial score (nSPS) is 16.2. The Kier molecular flexibility index (Phi) is 3.97. The lowest BCUT2D eigenvalue weighted by molar-refractivity contribution is 0.241. The van der Waals surface area contributed by atoms with E-state index >= 15 is 0 Å². The first kappa shape index (κ1) is 15.5. The predicted octanol–water partition coefficient (Wildman–Crippen LogP) is 2.93. The minimum Gasteiger partial charge on any atom is -0.361 e. The predicted molar refractivity (Wildman–Crippen MR) is 95.6 cm³/mol. The van der Waals surface area contributed by atoms with E-state index in [4.69, 9.17) is 4.52 Å². The smallest absolute Gasteiger partial charge is 0.141 e. The van der Waals surface area contributed by atoms with Crippen molar-refractivity contribution in [2.75, 3.05) is 31.1 Å². The third-order valence-corrected chi connectivity index (χ3v) is 5.79. The molecular formula is C17H21N5OS. The molecule has 1 aliphatic heterocycles. The zero-order chi connectivity index (χ0) is 16.7. The number of hydrogen-bond acceptors (Lipinski definition) is 7. The van der Waals surface area contributed by atoms with E-state index in [9.17, 15) is 0 Å². The van der Waals surface area contributed by atoms with Crippen LogP contribution < -0.4 is 4.90 Å². The number of nitrogens with zero attached hydrogens (tertiary/aromatic N) is 5. The number of piperazine rings is 1. The van der Waals surface area contributed by atoms with Crippen LogP contribution in [0.3, 0.4) is 0 Å². The molecule has 0 unspecified atom stereocenters. The molecule has 1 fully saturated rings. The van der Waals surface area contributed by atoms with Crippen LogP contribution in [-0.2, 0) is 6.54 Å². The van der Waals surface area contributed by atoms with Gasteiger partial charge >= 0.3 is 0 Å². The Hall–Kier alpha value is -1.99. The molecule has 0 aromatic carbocycles. The monoisotopic (exact) mass is 343 g/mol. The Morgan fingerprint density at radius 3 is 2.62 bits per heavy atom. The molecule has 24 heavy (non-hydrogen) atoms. The van der Waals surface area contributed by atoms with E-state index in [0.717, 1.165) is 54.8 Å². The molecule has 0 aliphatic carbocycles. The summed E-state index contributed by atoms with van der Waals surface area (Å²) in [7, 11) is 0. The molecule has 4 heterocycles. The van der Waals surface area contributed by atoms with Gasteiger partial charge in [-0.25, -0.2) is 9.97 Å². The maximum Gasteiger partial charge on any atom is 0.141 e. The maximum atomic E-state index is 5.16. The Bertz CT molecular complexity index is 863. The van der Waals surface area contributed by atoms with Gasteiger partial charge in [0.2, 0.25) is 0 Å². The van der Waals surface area contributed by atoms with E-state index < -0.39 is 0 Å². The Labute approximate surface area is 145 Å². The second-order valence-corrected chi connectivity index (χ2v) is 7.56. The highest BCUT2D eigenvalue weighted by Gasteiger charge is 2.22. The van der Waals surface area contributed by atoms with E-state index in [0.29, 0.717) is 0 Å². The van der Waals surface area contributed by atoms with Crippen LogP contribution in [0.2, 0.25) is 0 Å². The van der Waals surface area contributed by atoms with E-state index in [1.54, 1.807) is 17.7 Å². The summed E-state index contributed by atoms with van der Waals surface area (Å²) in [6.07, 6.45) is 1.69. The largest absolute Gasteiger partial charge is 0.361 e. The summed E-state index contributed by atoms with van der Waals surface area (Å²) in [6.45, 7) is 11.0. The number of thiophene rings is 1. The highest BCUT2D eigenvalue weighted by Crippen LogP contribution is 2.34. The zero-order valence-corrected chi connectivity index (χ0v) is 15.1. The van der Waals surface area contributed by atoms with Gasteiger partial charge in [-0.2, -0.15) is 0 Å². The van der Waals surface area contributed by atoms with Crippen molar-refractivity contribution >= 4 is 27.4 Å². The zero-order valence-electron chi connectivity index (χ0n) is 14.2. The lowest BCUT2D eigenvalue weighted by Gasteiger charge is -2.35. The summed E-state index contributed by atoms with van der Waals surface area (Å²) >= 11 is 1.75. The van der Waals surface area contributed by atoms with E-state index in [-0.39, 0.29) is 0 Å². The van der Waals surface area contributed by atoms with Gasteiger partial charge in [-0.3, -0.25) is 4.90 Å². The molecule has 3 aromatic heterocycles. The fraction of sp³-hybridized carbons (Fsp3) is 0.471. The number of rotatable bonds is 3. The molecule has 0 bridgehead atoms. The SMILES string of the molecule is Cc1cc(CN2CCN(c3ncnc4sc(C)c(C)c34)CC2)no1. The van der Waals surface area contributed by atoms with Crippen molar-refractivity contribution in [3.63, 3.8) is 0 Å². The maximum absolute atomic E-state index is 5.16. The van der Waals surface area contributed by atoms with Gasteiger partial charge in [0.15, 0.2) is 0 Å². The minimum atomic E-state index is 0.848. The van der Waals surface area contributed by atoms with Crippen LogP contribution in [0.4, 0.5) is 5.82 Å². The molecule has 1 saturated heterocycles. The summed E-state index contributed by atoms with van der Waals surface area (Å²) in [5, 5.41) is 5.32. The van der Waals surface area contributed by atoms with Gasteiger partial charge < -0.3 is 9.42 Å². The Balaban J connectivity index is 1.50. The van der Waals surface area contributed by atoms with Crippen LogP contribution in [0.25, 0.3) is 10.2 Å². The lowest BCUT2D eigenvalue weighted by atomic mass is 10.2. The first-order chi connectivity index (χ1) is 11.6. The van der Waals surface area contributed by atoms with Crippen LogP contribution >= 0.6 is 11.3 Å². The van der Waals surface area contributed by atoms with E-state index in [1.165, 1.54) is 15.8 Å². The van der Waals surface area contributed by atoms with Gasteiger partial charge in [0.1, 0.15) is 22.7 Å². The highest BCUT2D eigenvalue weighted by atomic mass is 32.1. The minimum absolute atomic E-state index is 0.848. The molecular weight excluding hydrogens is 322 g/mol. The number of fused-ring (bicyclic) bond motifs is 1. The summed E-state index contributed by atoms with van der Waals surface area (Å²) in [5.74, 6) is 1.95. The fourth-order valence-corrected chi connectivity index (χ4v) is 4.23. The second-order valence-electron chi connectivity index (χ2n) is 6.35. The number of aromatic nitrogens is 3. The lowest BCUT2D eigenvalue weighted by Crippen LogP contribution is -2.46. The van der Waals surface area contributed by atoms with Crippen molar-refractivity contribution in [3.05, 3.63) is 34.3 Å². The van der Waals surface area contributed by atoms with Crippen molar-refractivity contribution in [3.8, 4) is 0 Å². The molecule has 0 radical (unpaired) electrons. The molecule has 1 aliphatic rings. The third kappa shape index (κ3) is 2.78. The van der Waals surface area contributed by atoms with Crippen LogP contribution in [0, 0.1) is 20.8 Å². The molecule has 0 N–H and O–H groups in total. The van der Waals surface area contributed by atoms with Gasteiger partial charge in [-0.05, 0) is 26.3 Å². The quantitative estimate of drug-likeness (QED) is 0.729. The van der Waals surface area contributed by atoms with E-state index in [1.807, 2.05) is 13.0 Å². The van der Waals surface area contributed by atoms with Gasteiger partial charge in [-0.15, -0.1) is 11.3 Å². The molecule has 0 saturated carbocycles. The van der Waals surface area contributed by atoms with Gasteiger partial charge in [0.25, 0.3) is 0 Å². The molecule has 4 rings (SSSR count). The fourth-order valence-electron chi connectivity index (χ4n) is 3.24. The average Bonchev–Trinajstić information content (AvgIpc) is 3.12. The third-order valence-electron chi connectivity index (χ3n) is 4.68. The molecule has 6 nitrogen and oxygen atoms in total. The van der Waals surface area contributed by atoms with E-state index in [2.05, 4.69) is 38.8 Å². The number of aryl methyl sites for hydroxylation is 3. The molecule has 7 heteroatoms. The van der Waals surface area contributed by atoms with Crippen molar-refractivity contribution in [1.29, 1.82) is 0 Å². The van der Waals surface area contributed by atoms with Gasteiger partial charge in [0, 0.05) is 43.7 Å². The summed E-state index contributed by atoms with van der Waals surface area (Å²) in [4.78, 5) is 16.3. The van der Waals surface area contributed by atoms with Crippen molar-refractivity contribution in [1.82, 2.24) is 20.0 Å². The van der Waals surface area contributed by atoms with Crippen LogP contribution in [0.15, 0.2) is 16.9 Å². The second kappa shape index (κ2) is 6.14. The van der Waals surface area contributed by atoms with Gasteiger partial charge in [0.05, 0.1) is 11.1 Å². The van der Waals surface area contributed by atoms with Crippen LogP contribution in [0.5, 0.6) is 0 Å². The van der Waals surface area contributed by atoms with Crippen molar-refractivity contribution < 1.29 is 4.52 Å². The highest BCUT2D eigenvalue weighted by molar-refractivity contribution is 7.18. The first-order valence-electron chi connectivity index (χ1n) is 8.22. The number of anilines is 1. The molecule has 0 atom stereocenters.